The van der Waals surface area contributed by atoms with Gasteiger partial charge in [-0.2, -0.15) is 4.31 Å². The third-order valence-electron chi connectivity index (χ3n) is 4.65. The Balaban J connectivity index is 1.41. The van der Waals surface area contributed by atoms with Crippen molar-refractivity contribution in [1.29, 1.82) is 0 Å². The molecule has 3 heterocycles. The van der Waals surface area contributed by atoms with Gasteiger partial charge in [0.05, 0.1) is 19.1 Å². The lowest BCUT2D eigenvalue weighted by molar-refractivity contribution is -0.120. The van der Waals surface area contributed by atoms with Crippen LogP contribution in [0.25, 0.3) is 10.2 Å². The third kappa shape index (κ3) is 4.27. The van der Waals surface area contributed by atoms with E-state index >= 15 is 0 Å². The summed E-state index contributed by atoms with van der Waals surface area (Å²) in [7, 11) is -3.58. The molecule has 6 nitrogen and oxygen atoms in total. The summed E-state index contributed by atoms with van der Waals surface area (Å²) >= 11 is 20.4. The first-order valence-electron chi connectivity index (χ1n) is 8.56. The number of carbonyl (C=O) groups excluding carboxylic acids is 1. The van der Waals surface area contributed by atoms with Gasteiger partial charge in [0.15, 0.2) is 5.13 Å². The van der Waals surface area contributed by atoms with Crippen LogP contribution in [0.2, 0.25) is 14.4 Å². The number of fused-ring (bicyclic) bond motifs is 1. The van der Waals surface area contributed by atoms with Crippen LogP contribution in [-0.4, -0.2) is 36.7 Å². The number of amides is 1. The van der Waals surface area contributed by atoms with Crippen molar-refractivity contribution in [2.24, 2.45) is 5.92 Å². The number of nitrogens with zero attached hydrogens (tertiary/aromatic N) is 2. The molecule has 1 aromatic carbocycles. The molecule has 29 heavy (non-hydrogen) atoms. The number of nitrogens with one attached hydrogen (secondary N) is 1. The van der Waals surface area contributed by atoms with Gasteiger partial charge in [-0.3, -0.25) is 4.79 Å². The number of sulfonamides is 1. The van der Waals surface area contributed by atoms with Gasteiger partial charge >= 0.3 is 0 Å². The van der Waals surface area contributed by atoms with Crippen LogP contribution < -0.4 is 5.32 Å². The molecule has 0 aliphatic carbocycles. The fourth-order valence-electron chi connectivity index (χ4n) is 3.12. The number of halogens is 3. The summed E-state index contributed by atoms with van der Waals surface area (Å²) in [6.45, 7) is 0.550. The second kappa shape index (κ2) is 8.30. The second-order valence-electron chi connectivity index (χ2n) is 6.45. The van der Waals surface area contributed by atoms with Crippen molar-refractivity contribution in [2.75, 3.05) is 18.4 Å². The van der Waals surface area contributed by atoms with E-state index in [1.165, 1.54) is 21.7 Å². The summed E-state index contributed by atoms with van der Waals surface area (Å²) in [5.74, 6) is -0.470. The molecule has 0 bridgehead atoms. The molecule has 4 rings (SSSR count). The van der Waals surface area contributed by atoms with Crippen LogP contribution in [0.3, 0.4) is 0 Å². The largest absolute Gasteiger partial charge is 0.302 e. The maximum absolute atomic E-state index is 12.7. The van der Waals surface area contributed by atoms with Gasteiger partial charge in [-0.15, -0.1) is 11.3 Å². The number of piperidine rings is 1. The molecule has 0 saturated carbocycles. The number of carbonyl (C=O) groups is 1. The zero-order chi connectivity index (χ0) is 20.8. The minimum atomic E-state index is -3.58. The molecule has 12 heteroatoms. The van der Waals surface area contributed by atoms with Crippen LogP contribution in [-0.2, 0) is 14.8 Å². The number of aromatic nitrogens is 1. The lowest BCUT2D eigenvalue weighted by atomic mass is 9.97. The first-order valence-corrected chi connectivity index (χ1v) is 12.8. The van der Waals surface area contributed by atoms with E-state index < -0.39 is 10.0 Å². The van der Waals surface area contributed by atoms with Crippen molar-refractivity contribution < 1.29 is 13.2 Å². The van der Waals surface area contributed by atoms with Crippen LogP contribution in [0.1, 0.15) is 12.8 Å². The van der Waals surface area contributed by atoms with E-state index in [2.05, 4.69) is 10.3 Å². The van der Waals surface area contributed by atoms with Gasteiger partial charge in [0.2, 0.25) is 5.91 Å². The number of benzene rings is 1. The number of thiazole rings is 1. The predicted octanol–water partition coefficient (Wildman–Crippen LogP) is 5.36. The lowest BCUT2D eigenvalue weighted by Crippen LogP contribution is -2.41. The number of hydrogen-bond acceptors (Lipinski definition) is 6. The zero-order valence-corrected chi connectivity index (χ0v) is 19.4. The summed E-state index contributed by atoms with van der Waals surface area (Å²) in [5.41, 5.74) is 0.551. The standard InChI is InChI=1S/C17H14Cl3N3O3S3/c18-10-1-2-11-15(14(10)20)21-17(27-11)22-16(24)9-5-7-23(8-6-9)29(25,26)13-4-3-12(19)28-13/h1-4,9H,5-8H2,(H,21,22,24). The molecule has 3 aromatic rings. The predicted molar refractivity (Wildman–Crippen MR) is 119 cm³/mol. The Morgan fingerprint density at radius 3 is 2.48 bits per heavy atom. The molecule has 1 aliphatic heterocycles. The molecule has 0 radical (unpaired) electrons. The van der Waals surface area contributed by atoms with E-state index in [-0.39, 0.29) is 29.1 Å². The Kier molecular flexibility index (Phi) is 6.09. The molecule has 0 atom stereocenters. The van der Waals surface area contributed by atoms with Gasteiger partial charge in [0, 0.05) is 19.0 Å². The number of anilines is 1. The number of hydrogen-bond donors (Lipinski definition) is 1. The van der Waals surface area contributed by atoms with Gasteiger partial charge in [0.1, 0.15) is 9.73 Å². The Morgan fingerprint density at radius 1 is 1.10 bits per heavy atom. The van der Waals surface area contributed by atoms with Crippen molar-refractivity contribution >= 4 is 88.8 Å². The molecule has 1 amide bonds. The van der Waals surface area contributed by atoms with E-state index in [1.807, 2.05) is 0 Å². The van der Waals surface area contributed by atoms with Crippen LogP contribution in [0, 0.1) is 5.92 Å². The van der Waals surface area contributed by atoms with Gasteiger partial charge in [-0.1, -0.05) is 46.1 Å². The summed E-state index contributed by atoms with van der Waals surface area (Å²) in [4.78, 5) is 17.0. The molecule has 1 N–H and O–H groups in total. The third-order valence-corrected chi connectivity index (χ3v) is 9.98. The zero-order valence-electron chi connectivity index (χ0n) is 14.7. The molecule has 0 spiro atoms. The fourth-order valence-corrected chi connectivity index (χ4v) is 7.52. The second-order valence-corrected chi connectivity index (χ2v) is 12.1. The first kappa shape index (κ1) is 21.3. The topological polar surface area (TPSA) is 79.4 Å². The van der Waals surface area contributed by atoms with Crippen LogP contribution in [0.15, 0.2) is 28.5 Å². The molecular weight excluding hydrogens is 497 g/mol. The highest BCUT2D eigenvalue weighted by Crippen LogP contribution is 2.36. The summed E-state index contributed by atoms with van der Waals surface area (Å²) in [5, 5.41) is 4.02. The minimum absolute atomic E-state index is 0.178. The Bertz CT molecular complexity index is 1180. The van der Waals surface area contributed by atoms with Gasteiger partial charge < -0.3 is 5.32 Å². The first-order chi connectivity index (χ1) is 13.8. The highest BCUT2D eigenvalue weighted by molar-refractivity contribution is 7.91. The van der Waals surface area contributed by atoms with Gasteiger partial charge in [-0.25, -0.2) is 13.4 Å². The average molecular weight is 511 g/mol. The summed E-state index contributed by atoms with van der Waals surface area (Å²) < 4.78 is 28.2. The molecule has 154 valence electrons. The number of thiophene rings is 1. The van der Waals surface area contributed by atoms with E-state index in [0.717, 1.165) is 16.0 Å². The van der Waals surface area contributed by atoms with E-state index in [1.54, 1.807) is 18.2 Å². The monoisotopic (exact) mass is 509 g/mol. The van der Waals surface area contributed by atoms with Crippen molar-refractivity contribution in [3.63, 3.8) is 0 Å². The molecule has 1 saturated heterocycles. The van der Waals surface area contributed by atoms with Crippen molar-refractivity contribution in [1.82, 2.24) is 9.29 Å². The van der Waals surface area contributed by atoms with Crippen molar-refractivity contribution in [2.45, 2.75) is 17.1 Å². The lowest BCUT2D eigenvalue weighted by Gasteiger charge is -2.29. The van der Waals surface area contributed by atoms with E-state index in [0.29, 0.717) is 37.9 Å². The van der Waals surface area contributed by atoms with Crippen molar-refractivity contribution in [3.8, 4) is 0 Å². The van der Waals surface area contributed by atoms with Crippen LogP contribution >= 0.6 is 57.5 Å². The highest BCUT2D eigenvalue weighted by atomic mass is 35.5. The smallest absolute Gasteiger partial charge is 0.252 e. The molecular formula is C17H14Cl3N3O3S3. The molecule has 2 aromatic heterocycles. The summed E-state index contributed by atoms with van der Waals surface area (Å²) in [6.07, 6.45) is 0.864. The average Bonchev–Trinajstić information content (AvgIpc) is 3.31. The summed E-state index contributed by atoms with van der Waals surface area (Å²) in [6, 6.07) is 6.56. The normalized spacial score (nSPS) is 16.4. The van der Waals surface area contributed by atoms with Gasteiger partial charge in [0.25, 0.3) is 10.0 Å². The highest BCUT2D eigenvalue weighted by Gasteiger charge is 2.33. The Morgan fingerprint density at radius 2 is 1.83 bits per heavy atom. The molecule has 0 unspecified atom stereocenters. The number of rotatable bonds is 4. The maximum Gasteiger partial charge on any atom is 0.252 e. The molecule has 1 aliphatic rings. The van der Waals surface area contributed by atoms with Crippen molar-refractivity contribution in [3.05, 3.63) is 38.6 Å². The fraction of sp³-hybridized carbons (Fsp3) is 0.294. The van der Waals surface area contributed by atoms with E-state index in [9.17, 15) is 13.2 Å². The van der Waals surface area contributed by atoms with Crippen LogP contribution in [0.4, 0.5) is 5.13 Å². The Labute approximate surface area is 190 Å². The SMILES string of the molecule is O=C(Nc1nc2c(Cl)c(Cl)ccc2s1)C1CCN(S(=O)(=O)c2ccc(Cl)s2)CC1. The van der Waals surface area contributed by atoms with Gasteiger partial charge in [-0.05, 0) is 37.1 Å². The Hall–Kier alpha value is -0.940. The minimum Gasteiger partial charge on any atom is -0.302 e. The van der Waals surface area contributed by atoms with Crippen LogP contribution in [0.5, 0.6) is 0 Å². The van der Waals surface area contributed by atoms with E-state index in [4.69, 9.17) is 34.8 Å². The quantitative estimate of drug-likeness (QED) is 0.512. The molecule has 1 fully saturated rings. The maximum atomic E-state index is 12.7.